The largest absolute Gasteiger partial charge is 0.508 e. The number of benzene rings is 7. The number of phenolic OH excluding ortho intramolecular Hbond substituents is 1. The van der Waals surface area contributed by atoms with E-state index in [9.17, 15) is 30.7 Å². The van der Waals surface area contributed by atoms with Gasteiger partial charge >= 0.3 is 0 Å². The summed E-state index contributed by atoms with van der Waals surface area (Å²) in [6.07, 6.45) is 7.93. The molecule has 0 atom stereocenters. The van der Waals surface area contributed by atoms with Crippen molar-refractivity contribution in [3.63, 3.8) is 0 Å². The van der Waals surface area contributed by atoms with E-state index in [1.54, 1.807) is 79.1 Å². The first kappa shape index (κ1) is 68.4. The molecule has 0 radical (unpaired) electrons. The molecule has 0 bridgehead atoms. The second kappa shape index (κ2) is 34.0. The molecule has 0 saturated carbocycles. The van der Waals surface area contributed by atoms with Crippen LogP contribution in [0, 0.1) is 52.1 Å². The molecule has 0 amide bonds. The highest BCUT2D eigenvalue weighted by atomic mass is 79.9. The molecule has 0 unspecified atom stereocenters. The minimum atomic E-state index is -0.508. The minimum absolute atomic E-state index is 0. The zero-order valence-corrected chi connectivity index (χ0v) is 50.9. The van der Waals surface area contributed by atoms with Crippen molar-refractivity contribution < 1.29 is 72.1 Å². The third-order valence-electron chi connectivity index (χ3n) is 11.5. The lowest BCUT2D eigenvalue weighted by Gasteiger charge is -2.17. The molecule has 22 heteroatoms. The summed E-state index contributed by atoms with van der Waals surface area (Å²) in [5, 5.41) is 21.1. The van der Waals surface area contributed by atoms with Gasteiger partial charge in [-0.05, 0) is 217 Å². The number of aryl methyl sites for hydroxylation is 1. The number of hydrogen-bond acceptors (Lipinski definition) is 11. The molecule has 0 fully saturated rings. The highest BCUT2D eigenvalue weighted by Crippen LogP contribution is 2.29. The Morgan fingerprint density at radius 1 is 0.494 bits per heavy atom. The van der Waals surface area contributed by atoms with Gasteiger partial charge in [-0.3, -0.25) is 0 Å². The maximum Gasteiger partial charge on any atom is 0.191 e. The molecule has 446 valence electrons. The van der Waals surface area contributed by atoms with E-state index in [0.717, 1.165) is 32.7 Å². The zero-order chi connectivity index (χ0) is 60.9. The van der Waals surface area contributed by atoms with E-state index in [1.807, 2.05) is 20.8 Å². The molecule has 5 heterocycles. The normalized spacial score (nSPS) is 10.4. The first-order valence-electron chi connectivity index (χ1n) is 25.0. The molecule has 0 aliphatic heterocycles. The van der Waals surface area contributed by atoms with Gasteiger partial charge in [-0.15, -0.1) is 0 Å². The summed E-state index contributed by atoms with van der Waals surface area (Å²) in [6.45, 7) is 7.30. The van der Waals surface area contributed by atoms with Gasteiger partial charge in [-0.25, -0.2) is 30.7 Å². The fourth-order valence-corrected chi connectivity index (χ4v) is 9.03. The highest BCUT2D eigenvalue weighted by molar-refractivity contribution is 9.11. The first-order valence-corrected chi connectivity index (χ1v) is 28.2. The van der Waals surface area contributed by atoms with Crippen LogP contribution in [0.3, 0.4) is 0 Å². The van der Waals surface area contributed by atoms with Gasteiger partial charge in [0.2, 0.25) is 0 Å². The van der Waals surface area contributed by atoms with Crippen LogP contribution in [0.25, 0.3) is 54.8 Å². The number of halogens is 11. The molecule has 0 saturated heterocycles. The number of rotatable bonds is 9. The summed E-state index contributed by atoms with van der Waals surface area (Å²) < 4.78 is 133. The molecule has 12 rings (SSSR count). The fraction of sp³-hybridized carbons (Fsp3) is 0.159. The first-order chi connectivity index (χ1) is 40.4. The maximum atomic E-state index is 13.2. The Labute approximate surface area is 517 Å². The number of nitriles is 1. The predicted octanol–water partition coefficient (Wildman–Crippen LogP) is 20.6. The van der Waals surface area contributed by atoms with Crippen LogP contribution in [0.5, 0.6) is 11.5 Å². The van der Waals surface area contributed by atoms with E-state index in [-0.39, 0.29) is 71.3 Å². The number of nitrogens with zero attached hydrogens (tertiary/aromatic N) is 1. The van der Waals surface area contributed by atoms with Crippen LogP contribution >= 0.6 is 63.7 Å². The van der Waals surface area contributed by atoms with Crippen molar-refractivity contribution >= 4 is 119 Å². The van der Waals surface area contributed by atoms with Crippen molar-refractivity contribution in [1.29, 1.82) is 5.26 Å². The third kappa shape index (κ3) is 19.1. The van der Waals surface area contributed by atoms with Crippen molar-refractivity contribution in [1.82, 2.24) is 0 Å². The molecule has 0 aliphatic rings. The average Bonchev–Trinajstić information content (AvgIpc) is 4.14. The number of phenols is 1. The number of hydrogen-bond donors (Lipinski definition) is 2. The molecule has 5 aromatic heterocycles. The van der Waals surface area contributed by atoms with E-state index >= 15 is 0 Å². The molecule has 85 heavy (non-hydrogen) atoms. The summed E-state index contributed by atoms with van der Waals surface area (Å²) >= 11 is 12.2. The second-order valence-electron chi connectivity index (χ2n) is 16.9. The molecule has 0 aliphatic carbocycles. The Kier molecular flexibility index (Phi) is 27.3. The number of nitrogens with two attached hydrogens (primary N) is 1. The second-order valence-corrected chi connectivity index (χ2v) is 20.2. The smallest absolute Gasteiger partial charge is 0.191 e. The van der Waals surface area contributed by atoms with Gasteiger partial charge in [0.15, 0.2) is 6.29 Å². The van der Waals surface area contributed by atoms with Crippen LogP contribution in [0.2, 0.25) is 0 Å². The van der Waals surface area contributed by atoms with Gasteiger partial charge in [0, 0.05) is 52.3 Å². The highest BCUT2D eigenvalue weighted by Gasteiger charge is 2.12. The van der Waals surface area contributed by atoms with Crippen LogP contribution < -0.4 is 10.5 Å². The van der Waals surface area contributed by atoms with Crippen molar-refractivity contribution in [2.24, 2.45) is 5.73 Å². The monoisotopic (exact) mass is 1430 g/mol. The Hall–Kier alpha value is -7.36. The van der Waals surface area contributed by atoms with Crippen molar-refractivity contribution in [2.45, 2.75) is 47.5 Å². The van der Waals surface area contributed by atoms with E-state index < -0.39 is 12.1 Å². The molecular weight excluding hydrogens is 1380 g/mol. The van der Waals surface area contributed by atoms with Crippen molar-refractivity contribution in [3.8, 4) is 17.6 Å². The molecule has 12 aromatic rings. The summed E-state index contributed by atoms with van der Waals surface area (Å²) in [5.74, 6) is -1.51. The van der Waals surface area contributed by atoms with Crippen molar-refractivity contribution in [3.05, 3.63) is 234 Å². The van der Waals surface area contributed by atoms with Gasteiger partial charge in [-0.2, -0.15) is 5.26 Å². The van der Waals surface area contributed by atoms with E-state index in [0.29, 0.717) is 72.1 Å². The molecule has 3 N–H and O–H groups in total. The lowest BCUT2D eigenvalue weighted by molar-refractivity contribution is -0.152. The topological polar surface area (TPSA) is 163 Å². The third-order valence-corrected chi connectivity index (χ3v) is 14.2. The maximum absolute atomic E-state index is 13.2. The van der Waals surface area contributed by atoms with Gasteiger partial charge < -0.3 is 47.1 Å². The average molecular weight is 1430 g/mol. The van der Waals surface area contributed by atoms with Gasteiger partial charge in [0.05, 0.1) is 54.8 Å². The lowest BCUT2D eigenvalue weighted by Crippen LogP contribution is -2.25. The molecule has 7 aromatic carbocycles. The van der Waals surface area contributed by atoms with E-state index in [2.05, 4.69) is 63.7 Å². The van der Waals surface area contributed by atoms with Gasteiger partial charge in [0.25, 0.3) is 0 Å². The Morgan fingerprint density at radius 3 is 1.47 bits per heavy atom. The van der Waals surface area contributed by atoms with Crippen molar-refractivity contribution in [2.75, 3.05) is 19.8 Å². The van der Waals surface area contributed by atoms with Crippen LogP contribution in [0.4, 0.5) is 30.7 Å². The fourth-order valence-electron chi connectivity index (χ4n) is 7.52. The summed E-state index contributed by atoms with van der Waals surface area (Å²) in [4.78, 5) is 0. The SMILES string of the molecule is C.CCOC(COc1ccc(F)c(Br)c1)OCC.CCc1c(F)ccc2occc12.Fc1cc2ccoc2cc1Br.Fc1ccc2occc2c1Br.N#Cc1c(F)ccc2occc12.NCc1c(F)ccc2occc12.Oc1ccc(F)c(Br)c1. The number of aromatic hydroxyl groups is 1. The van der Waals surface area contributed by atoms with E-state index in [1.165, 1.54) is 85.7 Å². The number of ether oxygens (including phenoxy) is 3. The Balaban J connectivity index is 0.000000182. The number of fused-ring (bicyclic) bond motifs is 5. The Bertz CT molecular complexity index is 3980. The lowest BCUT2D eigenvalue weighted by atomic mass is 10.1. The summed E-state index contributed by atoms with van der Waals surface area (Å²) in [7, 11) is 0. The Morgan fingerprint density at radius 2 is 0.941 bits per heavy atom. The quantitative estimate of drug-likeness (QED) is 0.104. The van der Waals surface area contributed by atoms with Gasteiger partial charge in [-0.1, -0.05) is 14.4 Å². The zero-order valence-electron chi connectivity index (χ0n) is 44.5. The van der Waals surface area contributed by atoms with E-state index in [4.69, 9.17) is 52.4 Å². The molecule has 11 nitrogen and oxygen atoms in total. The van der Waals surface area contributed by atoms with Crippen LogP contribution in [0.1, 0.15) is 44.9 Å². The van der Waals surface area contributed by atoms with Crippen LogP contribution in [-0.2, 0) is 22.4 Å². The standard InChI is InChI=1S/C12H16BrFO3.C10H9FO.C9H8FNO.C9H4FNO.2C8H4BrFO.C6H4BrFO.CH4/c1-3-15-12(16-4-2)8-17-9-5-6-11(14)10(13)7-9;1-2-7-8-5-6-12-10(8)4-3-9(7)11;2*10-8-1-2-9-6(3-4-12-9)7(8)5-11;9-6-4-8-5(1-2-11-8)3-7(6)10;9-8-5-3-4-11-7(5)2-1-6(8)10;7-5-3-4(9)1-2-6(5)8;/h5-7,12H,3-4,8H2,1-2H3;3-6H,2H2,1H3;1-4H,5,11H2;1-4H;2*1-4H;1-3,9H;1H4. The molecule has 0 spiro atoms. The summed E-state index contributed by atoms with van der Waals surface area (Å²) in [6, 6.07) is 33.4. The van der Waals surface area contributed by atoms with Gasteiger partial charge in [0.1, 0.15) is 92.8 Å². The predicted molar refractivity (Wildman–Crippen MR) is 327 cm³/mol. The number of furan rings is 5. The van der Waals surface area contributed by atoms with Crippen LogP contribution in [-0.4, -0.2) is 31.2 Å². The van der Waals surface area contributed by atoms with Crippen LogP contribution in [0.15, 0.2) is 199 Å². The minimum Gasteiger partial charge on any atom is -0.508 e. The molecular formula is C63H53Br4F7N2O9. The summed E-state index contributed by atoms with van der Waals surface area (Å²) in [5.41, 5.74) is 10.0.